The molecule has 0 radical (unpaired) electrons. The van der Waals surface area contributed by atoms with Crippen molar-refractivity contribution >= 4 is 47.4 Å². The summed E-state index contributed by atoms with van der Waals surface area (Å²) >= 11 is 6.38. The van der Waals surface area contributed by atoms with Crippen LogP contribution in [0.4, 0.5) is 16.2 Å². The Hall–Kier alpha value is -3.60. The number of aromatic nitrogens is 2. The lowest BCUT2D eigenvalue weighted by atomic mass is 10.1. The average Bonchev–Trinajstić information content (AvgIpc) is 3.17. The summed E-state index contributed by atoms with van der Waals surface area (Å²) < 4.78 is 9.22. The molecule has 2 aromatic rings. The van der Waals surface area contributed by atoms with Gasteiger partial charge in [-0.05, 0) is 24.6 Å². The predicted octanol–water partition coefficient (Wildman–Crippen LogP) is 3.21. The van der Waals surface area contributed by atoms with Gasteiger partial charge in [-0.1, -0.05) is 24.9 Å². The minimum absolute atomic E-state index is 0.0581. The van der Waals surface area contributed by atoms with E-state index in [2.05, 4.69) is 30.1 Å². The largest absolute Gasteiger partial charge is 0.466 e. The van der Waals surface area contributed by atoms with Gasteiger partial charge in [-0.2, -0.15) is 0 Å². The molecule has 1 aromatic carbocycles. The van der Waals surface area contributed by atoms with Crippen LogP contribution in [0.5, 0.6) is 0 Å². The van der Waals surface area contributed by atoms with Crippen molar-refractivity contribution in [3.05, 3.63) is 29.2 Å². The summed E-state index contributed by atoms with van der Waals surface area (Å²) in [6, 6.07) is 4.84. The van der Waals surface area contributed by atoms with Gasteiger partial charge in [0.2, 0.25) is 11.8 Å². The van der Waals surface area contributed by atoms with E-state index in [1.54, 1.807) is 25.2 Å². The molecule has 0 aliphatic heterocycles. The van der Waals surface area contributed by atoms with Gasteiger partial charge in [0.1, 0.15) is 23.3 Å². The highest BCUT2D eigenvalue weighted by Crippen LogP contribution is 2.34. The van der Waals surface area contributed by atoms with Crippen LogP contribution in [0.15, 0.2) is 18.2 Å². The number of nitrogens with one attached hydrogen (secondary N) is 3. The van der Waals surface area contributed by atoms with Crippen LogP contribution in [0, 0.1) is 0 Å². The molecule has 0 fully saturated rings. The molecular formula is C22H28ClN5O6. The van der Waals surface area contributed by atoms with Crippen molar-refractivity contribution in [1.82, 2.24) is 14.9 Å². The second kappa shape index (κ2) is 13.2. The molecule has 3 N–H and O–H groups in total. The molecule has 0 saturated carbocycles. The van der Waals surface area contributed by atoms with Crippen molar-refractivity contribution < 1.29 is 28.7 Å². The number of likely N-dealkylation sites (N-methyl/N-ethyl adjacent to an activating group) is 1. The molecule has 34 heavy (non-hydrogen) atoms. The second-order valence-corrected chi connectivity index (χ2v) is 7.71. The summed E-state index contributed by atoms with van der Waals surface area (Å²) in [4.78, 5) is 55.4. The molecule has 0 aliphatic rings. The Labute approximate surface area is 202 Å². The lowest BCUT2D eigenvalue weighted by molar-refractivity contribution is -0.134. The van der Waals surface area contributed by atoms with Crippen LogP contribution in [0.1, 0.15) is 32.0 Å². The maximum Gasteiger partial charge on any atom is 0.411 e. The van der Waals surface area contributed by atoms with Crippen molar-refractivity contribution in [2.24, 2.45) is 0 Å². The number of ether oxygens (including phenoxy) is 2. The molecule has 11 nitrogen and oxygen atoms in total. The SMILES string of the molecule is CCCCC(=O)Nc1cc(NC(=O)OC)ccc1-c1nc(CC(=O)N(C)CCOC=O)[nH]c1Cl. The van der Waals surface area contributed by atoms with Gasteiger partial charge in [0, 0.05) is 24.7 Å². The van der Waals surface area contributed by atoms with Gasteiger partial charge in [0.15, 0.2) is 0 Å². The van der Waals surface area contributed by atoms with Crippen LogP contribution < -0.4 is 10.6 Å². The first-order valence-electron chi connectivity index (χ1n) is 10.6. The minimum atomic E-state index is -0.655. The third-order valence-corrected chi connectivity index (χ3v) is 5.08. The summed E-state index contributed by atoms with van der Waals surface area (Å²) in [5, 5.41) is 5.58. The van der Waals surface area contributed by atoms with Crippen LogP contribution in [0.3, 0.4) is 0 Å². The average molecular weight is 494 g/mol. The Morgan fingerprint density at radius 2 is 2.03 bits per heavy atom. The second-order valence-electron chi connectivity index (χ2n) is 7.33. The molecule has 3 amide bonds. The van der Waals surface area contributed by atoms with E-state index in [1.807, 2.05) is 6.92 Å². The number of halogens is 1. The van der Waals surface area contributed by atoms with Crippen LogP contribution >= 0.6 is 11.6 Å². The number of methoxy groups -OCH3 is 1. The molecular weight excluding hydrogens is 466 g/mol. The van der Waals surface area contributed by atoms with Crippen LogP contribution in [0.25, 0.3) is 11.3 Å². The first-order valence-corrected chi connectivity index (χ1v) is 11.0. The van der Waals surface area contributed by atoms with Crippen molar-refractivity contribution in [2.75, 3.05) is 37.9 Å². The highest BCUT2D eigenvalue weighted by molar-refractivity contribution is 6.32. The zero-order chi connectivity index (χ0) is 25.1. The van der Waals surface area contributed by atoms with Gasteiger partial charge in [0.05, 0.1) is 25.8 Å². The van der Waals surface area contributed by atoms with Gasteiger partial charge in [-0.15, -0.1) is 0 Å². The molecule has 2 rings (SSSR count). The van der Waals surface area contributed by atoms with Gasteiger partial charge in [0.25, 0.3) is 6.47 Å². The fourth-order valence-electron chi connectivity index (χ4n) is 2.95. The topological polar surface area (TPSA) is 143 Å². The number of amides is 3. The lowest BCUT2D eigenvalue weighted by Gasteiger charge is -2.15. The molecule has 0 atom stereocenters. The van der Waals surface area contributed by atoms with Gasteiger partial charge in [-0.25, -0.2) is 9.78 Å². The number of unbranched alkanes of at least 4 members (excludes halogenated alkanes) is 1. The fraction of sp³-hybridized carbons (Fsp3) is 0.409. The molecule has 12 heteroatoms. The van der Waals surface area contributed by atoms with Gasteiger partial charge >= 0.3 is 6.09 Å². The first-order chi connectivity index (χ1) is 16.3. The Morgan fingerprint density at radius 1 is 1.26 bits per heavy atom. The molecule has 1 aromatic heterocycles. The molecule has 0 spiro atoms. The van der Waals surface area contributed by atoms with Gasteiger partial charge in [-0.3, -0.25) is 19.7 Å². The number of nitrogens with zero attached hydrogens (tertiary/aromatic N) is 2. The number of imidazole rings is 1. The number of hydrogen-bond donors (Lipinski definition) is 3. The Kier molecular flexibility index (Phi) is 10.3. The summed E-state index contributed by atoms with van der Waals surface area (Å²) in [6.45, 7) is 2.63. The Balaban J connectivity index is 2.29. The molecule has 184 valence electrons. The highest BCUT2D eigenvalue weighted by Gasteiger charge is 2.19. The van der Waals surface area contributed by atoms with Gasteiger partial charge < -0.3 is 24.7 Å². The third-order valence-electron chi connectivity index (χ3n) is 4.80. The maximum absolute atomic E-state index is 12.4. The summed E-state index contributed by atoms with van der Waals surface area (Å²) in [7, 11) is 2.83. The van der Waals surface area contributed by atoms with E-state index in [0.717, 1.165) is 12.8 Å². The molecule has 0 saturated heterocycles. The fourth-order valence-corrected chi connectivity index (χ4v) is 3.20. The van der Waals surface area contributed by atoms with E-state index in [0.29, 0.717) is 41.3 Å². The van der Waals surface area contributed by atoms with E-state index >= 15 is 0 Å². The Bertz CT molecular complexity index is 1030. The number of carbonyl (C=O) groups excluding carboxylic acids is 4. The van der Waals surface area contributed by atoms with Crippen molar-refractivity contribution in [2.45, 2.75) is 32.6 Å². The predicted molar refractivity (Wildman–Crippen MR) is 127 cm³/mol. The quantitative estimate of drug-likeness (QED) is 0.304. The highest BCUT2D eigenvalue weighted by atomic mass is 35.5. The lowest BCUT2D eigenvalue weighted by Crippen LogP contribution is -2.31. The Morgan fingerprint density at radius 3 is 2.71 bits per heavy atom. The monoisotopic (exact) mass is 493 g/mol. The zero-order valence-corrected chi connectivity index (χ0v) is 20.0. The normalized spacial score (nSPS) is 10.4. The van der Waals surface area contributed by atoms with Crippen molar-refractivity contribution in [3.63, 3.8) is 0 Å². The van der Waals surface area contributed by atoms with E-state index < -0.39 is 6.09 Å². The van der Waals surface area contributed by atoms with E-state index in [-0.39, 0.29) is 36.5 Å². The number of aromatic amines is 1. The molecule has 1 heterocycles. The summed E-state index contributed by atoms with van der Waals surface area (Å²) in [6.07, 6.45) is 1.21. The standard InChI is InChI=1S/C22H28ClN5O6/c1-4-5-6-18(30)25-16-11-14(24-22(32)33-3)7-8-15(16)20-21(23)27-17(26-20)12-19(31)28(2)9-10-34-13-29/h7-8,11,13H,4-6,9-10,12H2,1-3H3,(H,24,32)(H,25,30)(H,26,27). The smallest absolute Gasteiger partial charge is 0.411 e. The number of anilines is 2. The van der Waals surface area contributed by atoms with E-state index in [1.165, 1.54) is 12.0 Å². The van der Waals surface area contributed by atoms with E-state index in [9.17, 15) is 19.2 Å². The molecule has 0 unspecified atom stereocenters. The number of H-pyrrole nitrogens is 1. The van der Waals surface area contributed by atoms with E-state index in [4.69, 9.17) is 11.6 Å². The summed E-state index contributed by atoms with van der Waals surface area (Å²) in [5.41, 5.74) is 1.65. The number of hydrogen-bond acceptors (Lipinski definition) is 7. The third kappa shape index (κ3) is 7.77. The number of rotatable bonds is 12. The zero-order valence-electron chi connectivity index (χ0n) is 19.3. The van der Waals surface area contributed by atoms with Crippen molar-refractivity contribution in [3.8, 4) is 11.3 Å². The van der Waals surface area contributed by atoms with Crippen LogP contribution in [-0.4, -0.2) is 66.6 Å². The van der Waals surface area contributed by atoms with Crippen molar-refractivity contribution in [1.29, 1.82) is 0 Å². The molecule has 0 bridgehead atoms. The number of carbonyl (C=O) groups is 4. The molecule has 0 aliphatic carbocycles. The summed E-state index contributed by atoms with van der Waals surface area (Å²) in [5.74, 6) is -0.120. The maximum atomic E-state index is 12.4. The van der Waals surface area contributed by atoms with Crippen LogP contribution in [-0.2, 0) is 30.3 Å². The first kappa shape index (κ1) is 26.7. The van der Waals surface area contributed by atoms with Crippen LogP contribution in [0.2, 0.25) is 5.15 Å². The number of benzene rings is 1. The minimum Gasteiger partial charge on any atom is -0.466 e.